The fourth-order valence-corrected chi connectivity index (χ4v) is 2.36. The molecular formula is C16H12N6O4. The molecule has 2 aromatic carbocycles. The zero-order valence-corrected chi connectivity index (χ0v) is 13.2. The standard InChI is InChI=1S/C16H12N6O4/c23-15(10-2-1-3-12(6-10)22-8-17-20-21-22)18-19-16(24)11-4-5-13-14(7-11)26-9-25-13/h1-8H,9H2,(H,18,23)(H,19,24). The van der Waals surface area contributed by atoms with Gasteiger partial charge in [0.2, 0.25) is 6.79 Å². The number of hydrazine groups is 1. The first-order valence-corrected chi connectivity index (χ1v) is 7.54. The summed E-state index contributed by atoms with van der Waals surface area (Å²) in [6, 6.07) is 11.4. The van der Waals surface area contributed by atoms with Crippen LogP contribution >= 0.6 is 0 Å². The van der Waals surface area contributed by atoms with Crippen LogP contribution in [0.15, 0.2) is 48.8 Å². The number of benzene rings is 2. The molecule has 0 atom stereocenters. The normalized spacial score (nSPS) is 11.8. The zero-order chi connectivity index (χ0) is 17.9. The van der Waals surface area contributed by atoms with E-state index in [4.69, 9.17) is 9.47 Å². The van der Waals surface area contributed by atoms with E-state index in [0.29, 0.717) is 28.3 Å². The lowest BCUT2D eigenvalue weighted by atomic mass is 10.2. The highest BCUT2D eigenvalue weighted by Gasteiger charge is 2.17. The zero-order valence-electron chi connectivity index (χ0n) is 13.2. The summed E-state index contributed by atoms with van der Waals surface area (Å²) in [5, 5.41) is 10.9. The second kappa shape index (κ2) is 6.51. The van der Waals surface area contributed by atoms with Crippen LogP contribution in [0.5, 0.6) is 11.5 Å². The lowest BCUT2D eigenvalue weighted by Crippen LogP contribution is -2.41. The van der Waals surface area contributed by atoms with Gasteiger partial charge in [-0.25, -0.2) is 4.68 Å². The third-order valence-electron chi connectivity index (χ3n) is 3.65. The lowest BCUT2D eigenvalue weighted by Gasteiger charge is -2.09. The molecule has 2 N–H and O–H groups in total. The van der Waals surface area contributed by atoms with E-state index < -0.39 is 11.8 Å². The number of nitrogens with one attached hydrogen (secondary N) is 2. The van der Waals surface area contributed by atoms with Gasteiger partial charge in [-0.1, -0.05) is 6.07 Å². The van der Waals surface area contributed by atoms with Gasteiger partial charge in [0, 0.05) is 11.1 Å². The van der Waals surface area contributed by atoms with Crippen LogP contribution in [-0.2, 0) is 0 Å². The van der Waals surface area contributed by atoms with E-state index in [1.165, 1.54) is 11.0 Å². The number of carbonyl (C=O) groups excluding carboxylic acids is 2. The van der Waals surface area contributed by atoms with Crippen LogP contribution in [0.3, 0.4) is 0 Å². The SMILES string of the molecule is O=C(NNC(=O)c1ccc2c(c1)OCO2)c1cccc(-n2cnnn2)c1. The third kappa shape index (κ3) is 3.02. The second-order valence-corrected chi connectivity index (χ2v) is 5.28. The number of hydrogen-bond acceptors (Lipinski definition) is 7. The molecule has 0 radical (unpaired) electrons. The van der Waals surface area contributed by atoms with E-state index in [9.17, 15) is 9.59 Å². The summed E-state index contributed by atoms with van der Waals surface area (Å²) >= 11 is 0. The largest absolute Gasteiger partial charge is 0.454 e. The van der Waals surface area contributed by atoms with Gasteiger partial charge < -0.3 is 9.47 Å². The first-order chi connectivity index (χ1) is 12.7. The number of rotatable bonds is 3. The predicted molar refractivity (Wildman–Crippen MR) is 86.7 cm³/mol. The summed E-state index contributed by atoms with van der Waals surface area (Å²) in [6.45, 7) is 0.120. The van der Waals surface area contributed by atoms with E-state index in [-0.39, 0.29) is 6.79 Å². The highest BCUT2D eigenvalue weighted by Crippen LogP contribution is 2.32. The van der Waals surface area contributed by atoms with Gasteiger partial charge in [0.25, 0.3) is 11.8 Å². The Bertz CT molecular complexity index is 973. The van der Waals surface area contributed by atoms with Crippen LogP contribution in [0.2, 0.25) is 0 Å². The molecule has 0 aliphatic carbocycles. The number of nitrogens with zero attached hydrogens (tertiary/aromatic N) is 4. The Morgan fingerprint density at radius 3 is 2.50 bits per heavy atom. The average Bonchev–Trinajstić information content (AvgIpc) is 3.36. The van der Waals surface area contributed by atoms with Crippen molar-refractivity contribution in [3.63, 3.8) is 0 Å². The molecule has 0 fully saturated rings. The molecule has 10 nitrogen and oxygen atoms in total. The summed E-state index contributed by atoms with van der Waals surface area (Å²) < 4.78 is 11.8. The Morgan fingerprint density at radius 2 is 1.73 bits per heavy atom. The molecule has 1 aromatic heterocycles. The molecule has 0 saturated carbocycles. The molecule has 3 aromatic rings. The van der Waals surface area contributed by atoms with Crippen molar-refractivity contribution in [2.24, 2.45) is 0 Å². The minimum atomic E-state index is -0.478. The van der Waals surface area contributed by atoms with Gasteiger partial charge in [-0.15, -0.1) is 5.10 Å². The van der Waals surface area contributed by atoms with Crippen LogP contribution in [0.4, 0.5) is 0 Å². The van der Waals surface area contributed by atoms with Crippen molar-refractivity contribution in [2.75, 3.05) is 6.79 Å². The number of aromatic nitrogens is 4. The summed E-state index contributed by atoms with van der Waals surface area (Å²) in [7, 11) is 0. The molecule has 2 amide bonds. The van der Waals surface area contributed by atoms with Crippen LogP contribution in [0, 0.1) is 0 Å². The van der Waals surface area contributed by atoms with Crippen molar-refractivity contribution in [1.29, 1.82) is 0 Å². The molecule has 130 valence electrons. The van der Waals surface area contributed by atoms with E-state index in [2.05, 4.69) is 26.4 Å². The topological polar surface area (TPSA) is 120 Å². The van der Waals surface area contributed by atoms with E-state index in [1.807, 2.05) is 0 Å². The Kier molecular flexibility index (Phi) is 3.90. The fourth-order valence-electron chi connectivity index (χ4n) is 2.36. The van der Waals surface area contributed by atoms with Crippen LogP contribution in [0.1, 0.15) is 20.7 Å². The van der Waals surface area contributed by atoms with Crippen LogP contribution < -0.4 is 20.3 Å². The molecule has 1 aliphatic rings. The highest BCUT2D eigenvalue weighted by atomic mass is 16.7. The highest BCUT2D eigenvalue weighted by molar-refractivity contribution is 5.99. The predicted octanol–water partition coefficient (Wildman–Crippen LogP) is 0.466. The molecule has 10 heteroatoms. The van der Waals surface area contributed by atoms with Crippen molar-refractivity contribution >= 4 is 11.8 Å². The van der Waals surface area contributed by atoms with Gasteiger partial charge in [0.15, 0.2) is 11.5 Å². The molecule has 4 rings (SSSR count). The van der Waals surface area contributed by atoms with Gasteiger partial charge in [0.05, 0.1) is 5.69 Å². The Balaban J connectivity index is 1.42. The number of tetrazole rings is 1. The fraction of sp³-hybridized carbons (Fsp3) is 0.0625. The van der Waals surface area contributed by atoms with Crippen molar-refractivity contribution in [3.05, 3.63) is 59.9 Å². The Morgan fingerprint density at radius 1 is 0.962 bits per heavy atom. The monoisotopic (exact) mass is 352 g/mol. The minimum Gasteiger partial charge on any atom is -0.454 e. The second-order valence-electron chi connectivity index (χ2n) is 5.28. The van der Waals surface area contributed by atoms with Gasteiger partial charge in [-0.3, -0.25) is 20.4 Å². The molecule has 0 spiro atoms. The molecule has 0 saturated heterocycles. The molecule has 26 heavy (non-hydrogen) atoms. The van der Waals surface area contributed by atoms with E-state index in [0.717, 1.165) is 0 Å². The lowest BCUT2D eigenvalue weighted by molar-refractivity contribution is 0.0846. The summed E-state index contributed by atoms with van der Waals surface area (Å²) in [5.41, 5.74) is 6.01. The Hall–Kier alpha value is -3.95. The van der Waals surface area contributed by atoms with Gasteiger partial charge in [-0.05, 0) is 46.8 Å². The number of hydrogen-bond donors (Lipinski definition) is 2. The van der Waals surface area contributed by atoms with Gasteiger partial charge >= 0.3 is 0 Å². The minimum absolute atomic E-state index is 0.120. The summed E-state index contributed by atoms with van der Waals surface area (Å²) in [6.07, 6.45) is 1.42. The van der Waals surface area contributed by atoms with Gasteiger partial charge in [0.1, 0.15) is 6.33 Å². The number of ether oxygens (including phenoxy) is 2. The molecule has 1 aliphatic heterocycles. The first kappa shape index (κ1) is 15.6. The van der Waals surface area contributed by atoms with Crippen molar-refractivity contribution in [2.45, 2.75) is 0 Å². The van der Waals surface area contributed by atoms with Crippen molar-refractivity contribution in [1.82, 2.24) is 31.1 Å². The average molecular weight is 352 g/mol. The van der Waals surface area contributed by atoms with E-state index >= 15 is 0 Å². The Labute approximate surface area is 146 Å². The van der Waals surface area contributed by atoms with Crippen molar-refractivity contribution < 1.29 is 19.1 Å². The maximum Gasteiger partial charge on any atom is 0.269 e. The first-order valence-electron chi connectivity index (χ1n) is 7.54. The maximum absolute atomic E-state index is 12.3. The smallest absolute Gasteiger partial charge is 0.269 e. The summed E-state index contributed by atoms with van der Waals surface area (Å²) in [5.74, 6) is 0.102. The third-order valence-corrected chi connectivity index (χ3v) is 3.65. The number of carbonyl (C=O) groups is 2. The summed E-state index contributed by atoms with van der Waals surface area (Å²) in [4.78, 5) is 24.4. The molecule has 0 bridgehead atoms. The van der Waals surface area contributed by atoms with Crippen LogP contribution in [-0.4, -0.2) is 38.8 Å². The van der Waals surface area contributed by atoms with Gasteiger partial charge in [-0.2, -0.15) is 0 Å². The molecular weight excluding hydrogens is 340 g/mol. The number of amides is 2. The quantitative estimate of drug-likeness (QED) is 0.657. The molecule has 2 heterocycles. The van der Waals surface area contributed by atoms with Crippen LogP contribution in [0.25, 0.3) is 5.69 Å². The van der Waals surface area contributed by atoms with E-state index in [1.54, 1.807) is 42.5 Å². The van der Waals surface area contributed by atoms with Crippen molar-refractivity contribution in [3.8, 4) is 17.2 Å². The molecule has 0 unspecified atom stereocenters. The maximum atomic E-state index is 12.3. The number of fused-ring (bicyclic) bond motifs is 1.